The topological polar surface area (TPSA) is 79.4 Å². The zero-order valence-electron chi connectivity index (χ0n) is 13.8. The minimum absolute atomic E-state index is 0.0105. The highest BCUT2D eigenvalue weighted by atomic mass is 16.5. The molecule has 2 fully saturated rings. The van der Waals surface area contributed by atoms with E-state index in [-0.39, 0.29) is 11.9 Å². The molecule has 0 spiro atoms. The number of carbonyl (C=O) groups is 1. The van der Waals surface area contributed by atoms with Gasteiger partial charge in [-0.15, -0.1) is 0 Å². The van der Waals surface area contributed by atoms with Crippen LogP contribution in [0.5, 0.6) is 6.01 Å². The highest BCUT2D eigenvalue weighted by Crippen LogP contribution is 2.27. The standard InChI is InChI=1S/C16H25N5O2/c1-3-11-9-19-20-14(11)12-5-4-6-21(10-12)15(22)13-7-17-16(23-2)18-8-13/h7-8,11-12,14,19-20H,3-6,9-10H2,1-2H3. The molecule has 0 radical (unpaired) electrons. The molecule has 1 aromatic rings. The second kappa shape index (κ2) is 7.23. The lowest BCUT2D eigenvalue weighted by atomic mass is 9.83. The number of hydrogen-bond donors (Lipinski definition) is 2. The van der Waals surface area contributed by atoms with Gasteiger partial charge in [0, 0.05) is 38.1 Å². The fourth-order valence-electron chi connectivity index (χ4n) is 3.66. The summed E-state index contributed by atoms with van der Waals surface area (Å²) < 4.78 is 4.94. The second-order valence-corrected chi connectivity index (χ2v) is 6.33. The van der Waals surface area contributed by atoms with E-state index >= 15 is 0 Å². The van der Waals surface area contributed by atoms with Crippen molar-refractivity contribution >= 4 is 5.91 Å². The van der Waals surface area contributed by atoms with Gasteiger partial charge in [0.2, 0.25) is 0 Å². The van der Waals surface area contributed by atoms with Gasteiger partial charge < -0.3 is 9.64 Å². The summed E-state index contributed by atoms with van der Waals surface area (Å²) in [5, 5.41) is 0. The predicted molar refractivity (Wildman–Crippen MR) is 85.9 cm³/mol. The molecule has 126 valence electrons. The molecule has 1 aromatic heterocycles. The van der Waals surface area contributed by atoms with Crippen molar-refractivity contribution in [2.24, 2.45) is 11.8 Å². The molecule has 7 heteroatoms. The third-order valence-electron chi connectivity index (χ3n) is 4.98. The first-order valence-corrected chi connectivity index (χ1v) is 8.36. The molecule has 7 nitrogen and oxygen atoms in total. The van der Waals surface area contributed by atoms with Gasteiger partial charge in [-0.25, -0.2) is 9.97 Å². The van der Waals surface area contributed by atoms with E-state index in [1.807, 2.05) is 4.90 Å². The lowest BCUT2D eigenvalue weighted by molar-refractivity contribution is 0.0633. The Kier molecular flexibility index (Phi) is 5.07. The van der Waals surface area contributed by atoms with Crippen molar-refractivity contribution in [3.8, 4) is 6.01 Å². The number of nitrogens with one attached hydrogen (secondary N) is 2. The molecule has 0 aromatic carbocycles. The van der Waals surface area contributed by atoms with E-state index in [2.05, 4.69) is 27.7 Å². The Labute approximate surface area is 136 Å². The molecule has 2 N–H and O–H groups in total. The fourth-order valence-corrected chi connectivity index (χ4v) is 3.66. The molecule has 3 rings (SSSR count). The monoisotopic (exact) mass is 319 g/mol. The predicted octanol–water partition coefficient (Wildman–Crippen LogP) is 0.840. The Morgan fingerprint density at radius 2 is 2.22 bits per heavy atom. The normalized spacial score (nSPS) is 27.9. The van der Waals surface area contributed by atoms with Gasteiger partial charge in [0.05, 0.1) is 12.7 Å². The number of likely N-dealkylation sites (tertiary alicyclic amines) is 1. The number of methoxy groups -OCH3 is 1. The van der Waals surface area contributed by atoms with Crippen molar-refractivity contribution in [3.63, 3.8) is 0 Å². The van der Waals surface area contributed by atoms with Gasteiger partial charge in [-0.2, -0.15) is 0 Å². The van der Waals surface area contributed by atoms with Gasteiger partial charge in [0.25, 0.3) is 5.91 Å². The second-order valence-electron chi connectivity index (χ2n) is 6.33. The van der Waals surface area contributed by atoms with E-state index in [4.69, 9.17) is 4.74 Å². The number of carbonyl (C=O) groups excluding carboxylic acids is 1. The van der Waals surface area contributed by atoms with Crippen LogP contribution in [-0.2, 0) is 0 Å². The molecule has 23 heavy (non-hydrogen) atoms. The lowest BCUT2D eigenvalue weighted by Crippen LogP contribution is -2.48. The van der Waals surface area contributed by atoms with E-state index in [9.17, 15) is 4.79 Å². The van der Waals surface area contributed by atoms with Gasteiger partial charge in [-0.05, 0) is 24.7 Å². The number of amides is 1. The van der Waals surface area contributed by atoms with Crippen molar-refractivity contribution in [1.29, 1.82) is 0 Å². The zero-order valence-corrected chi connectivity index (χ0v) is 13.8. The number of ether oxygens (including phenoxy) is 1. The number of piperidine rings is 1. The van der Waals surface area contributed by atoms with Crippen LogP contribution in [0.25, 0.3) is 0 Å². The summed E-state index contributed by atoms with van der Waals surface area (Å²) in [5.41, 5.74) is 7.21. The minimum Gasteiger partial charge on any atom is -0.467 e. The average molecular weight is 319 g/mol. The summed E-state index contributed by atoms with van der Waals surface area (Å²) in [6.45, 7) is 4.84. The van der Waals surface area contributed by atoms with Crippen molar-refractivity contribution in [2.75, 3.05) is 26.7 Å². The summed E-state index contributed by atoms with van der Waals surface area (Å²) >= 11 is 0. The van der Waals surface area contributed by atoms with Crippen molar-refractivity contribution in [1.82, 2.24) is 25.7 Å². The minimum atomic E-state index is 0.0105. The molecule has 2 aliphatic rings. The highest BCUT2D eigenvalue weighted by Gasteiger charge is 2.36. The van der Waals surface area contributed by atoms with Crippen LogP contribution in [0, 0.1) is 11.8 Å². The molecule has 1 amide bonds. The summed E-state index contributed by atoms with van der Waals surface area (Å²) in [4.78, 5) is 22.7. The van der Waals surface area contributed by atoms with Gasteiger partial charge in [0.15, 0.2) is 0 Å². The van der Waals surface area contributed by atoms with E-state index < -0.39 is 0 Å². The number of rotatable bonds is 4. The van der Waals surface area contributed by atoms with Gasteiger partial charge >= 0.3 is 6.01 Å². The van der Waals surface area contributed by atoms with Crippen LogP contribution in [0.3, 0.4) is 0 Å². The van der Waals surface area contributed by atoms with E-state index in [1.165, 1.54) is 13.5 Å². The van der Waals surface area contributed by atoms with Crippen LogP contribution in [0.2, 0.25) is 0 Å². The Morgan fingerprint density at radius 3 is 2.91 bits per heavy atom. The largest absolute Gasteiger partial charge is 0.467 e. The van der Waals surface area contributed by atoms with Crippen LogP contribution in [0.15, 0.2) is 12.4 Å². The maximum atomic E-state index is 12.7. The first-order valence-electron chi connectivity index (χ1n) is 8.36. The van der Waals surface area contributed by atoms with Gasteiger partial charge in [0.1, 0.15) is 0 Å². The average Bonchev–Trinajstić information content (AvgIpc) is 3.10. The molecule has 2 aliphatic heterocycles. The summed E-state index contributed by atoms with van der Waals surface area (Å²) in [6.07, 6.45) is 6.45. The number of hydrazine groups is 1. The number of aromatic nitrogens is 2. The molecule has 0 saturated carbocycles. The Hall–Kier alpha value is -1.73. The van der Waals surface area contributed by atoms with Gasteiger partial charge in [-0.1, -0.05) is 13.3 Å². The van der Waals surface area contributed by atoms with E-state index in [1.54, 1.807) is 12.4 Å². The molecule has 0 aliphatic carbocycles. The van der Waals surface area contributed by atoms with Crippen molar-refractivity contribution < 1.29 is 9.53 Å². The Morgan fingerprint density at radius 1 is 1.43 bits per heavy atom. The van der Waals surface area contributed by atoms with E-state index in [0.29, 0.717) is 23.4 Å². The van der Waals surface area contributed by atoms with Crippen LogP contribution in [0.1, 0.15) is 36.5 Å². The number of hydrogen-bond acceptors (Lipinski definition) is 6. The quantitative estimate of drug-likeness (QED) is 0.856. The van der Waals surface area contributed by atoms with Crippen LogP contribution in [0.4, 0.5) is 0 Å². The zero-order chi connectivity index (χ0) is 16.2. The fraction of sp³-hybridized carbons (Fsp3) is 0.688. The third kappa shape index (κ3) is 3.45. The molecule has 3 heterocycles. The molecular weight excluding hydrogens is 294 g/mol. The SMILES string of the molecule is CCC1CNNC1C1CCCN(C(=O)c2cnc(OC)nc2)C1. The van der Waals surface area contributed by atoms with Crippen molar-refractivity contribution in [3.05, 3.63) is 18.0 Å². The third-order valence-corrected chi connectivity index (χ3v) is 4.98. The summed E-state index contributed by atoms with van der Waals surface area (Å²) in [6, 6.07) is 0.729. The van der Waals surface area contributed by atoms with Gasteiger partial charge in [-0.3, -0.25) is 15.6 Å². The van der Waals surface area contributed by atoms with Crippen LogP contribution >= 0.6 is 0 Å². The molecule has 2 saturated heterocycles. The maximum Gasteiger partial charge on any atom is 0.316 e. The smallest absolute Gasteiger partial charge is 0.316 e. The first-order chi connectivity index (χ1) is 11.2. The Balaban J connectivity index is 1.66. The lowest BCUT2D eigenvalue weighted by Gasteiger charge is -2.37. The van der Waals surface area contributed by atoms with Crippen LogP contribution in [-0.4, -0.2) is 53.6 Å². The van der Waals surface area contributed by atoms with E-state index in [0.717, 1.165) is 32.5 Å². The highest BCUT2D eigenvalue weighted by molar-refractivity contribution is 5.93. The molecular formula is C16H25N5O2. The maximum absolute atomic E-state index is 12.7. The first kappa shape index (κ1) is 16.1. The van der Waals surface area contributed by atoms with Crippen molar-refractivity contribution in [2.45, 2.75) is 32.2 Å². The summed E-state index contributed by atoms with van der Waals surface area (Å²) in [5.74, 6) is 1.14. The molecule has 3 atom stereocenters. The number of nitrogens with zero attached hydrogens (tertiary/aromatic N) is 3. The molecule has 0 bridgehead atoms. The summed E-state index contributed by atoms with van der Waals surface area (Å²) in [7, 11) is 1.51. The molecule has 3 unspecified atom stereocenters. The van der Waals surface area contributed by atoms with Crippen LogP contribution < -0.4 is 15.6 Å². The Bertz CT molecular complexity index is 536.